The minimum absolute atomic E-state index is 0.00355. The lowest BCUT2D eigenvalue weighted by Gasteiger charge is -2.12. The van der Waals surface area contributed by atoms with Gasteiger partial charge in [0.1, 0.15) is 5.75 Å². The highest BCUT2D eigenvalue weighted by molar-refractivity contribution is 7.48. The summed E-state index contributed by atoms with van der Waals surface area (Å²) in [7, 11) is -4.51. The minimum atomic E-state index is -4.51. The predicted octanol–water partition coefficient (Wildman–Crippen LogP) is 1.82. The maximum Gasteiger partial charge on any atom is 0.587 e. The molecule has 0 fully saturated rings. The number of carbonyl (C=O) groups is 1. The van der Waals surface area contributed by atoms with Crippen LogP contribution in [0.2, 0.25) is 0 Å². The largest absolute Gasteiger partial charge is 0.587 e. The van der Waals surface area contributed by atoms with E-state index in [-0.39, 0.29) is 17.9 Å². The van der Waals surface area contributed by atoms with Crippen LogP contribution >= 0.6 is 7.82 Å². The first kappa shape index (κ1) is 15.4. The third-order valence-electron chi connectivity index (χ3n) is 2.09. The van der Waals surface area contributed by atoms with E-state index in [1.54, 1.807) is 12.1 Å². The molecule has 0 aliphatic rings. The van der Waals surface area contributed by atoms with Gasteiger partial charge in [-0.1, -0.05) is 18.7 Å². The van der Waals surface area contributed by atoms with Gasteiger partial charge in [0.25, 0.3) is 0 Å². The zero-order valence-corrected chi connectivity index (χ0v) is 11.3. The van der Waals surface area contributed by atoms with Crippen LogP contribution in [0.4, 0.5) is 0 Å². The van der Waals surface area contributed by atoms with Crippen LogP contribution in [-0.2, 0) is 20.3 Å². The maximum atomic E-state index is 11.5. The number of phosphoric ester groups is 1. The highest BCUT2D eigenvalue weighted by Gasteiger charge is 2.28. The Labute approximate surface area is 110 Å². The van der Waals surface area contributed by atoms with Gasteiger partial charge in [-0.05, 0) is 31.0 Å². The number of phosphoric acid groups is 1. The second-order valence-corrected chi connectivity index (χ2v) is 5.14. The van der Waals surface area contributed by atoms with Crippen molar-refractivity contribution in [2.45, 2.75) is 13.3 Å². The van der Waals surface area contributed by atoms with Crippen LogP contribution in [0.25, 0.3) is 0 Å². The quantitative estimate of drug-likeness (QED) is 0.612. The smallest absolute Gasteiger partial charge is 0.396 e. The molecule has 7 heteroatoms. The van der Waals surface area contributed by atoms with E-state index in [9.17, 15) is 14.3 Å². The molecular weight excluding hydrogens is 271 g/mol. The molecule has 0 saturated carbocycles. The van der Waals surface area contributed by atoms with E-state index in [1.807, 2.05) is 0 Å². The summed E-state index contributed by atoms with van der Waals surface area (Å²) < 4.78 is 20.5. The van der Waals surface area contributed by atoms with E-state index in [0.29, 0.717) is 6.42 Å². The van der Waals surface area contributed by atoms with Crippen molar-refractivity contribution in [3.63, 3.8) is 0 Å². The molecule has 104 valence electrons. The lowest BCUT2D eigenvalue weighted by Crippen LogP contribution is -2.06. The Bertz CT molecular complexity index is 507. The van der Waals surface area contributed by atoms with Gasteiger partial charge in [0.05, 0.1) is 0 Å². The summed E-state index contributed by atoms with van der Waals surface area (Å²) in [6.07, 6.45) is 0.474. The fraction of sp³-hybridized carbons (Fsp3) is 0.250. The average Bonchev–Trinajstić information content (AvgIpc) is 2.31. The first-order valence-electron chi connectivity index (χ1n) is 5.45. The standard InChI is InChI=1S/C12H15O6P/c1-9(2)12(14)18-19(15,16)17-11-5-3-10(4-6-11)7-8-13/h3-6,13H,1,7-8H2,2H3,(H,15,16). The van der Waals surface area contributed by atoms with Crippen LogP contribution < -0.4 is 4.52 Å². The van der Waals surface area contributed by atoms with Crippen LogP contribution in [0.3, 0.4) is 0 Å². The van der Waals surface area contributed by atoms with Crippen molar-refractivity contribution in [1.82, 2.24) is 0 Å². The molecular formula is C12H15O6P. The molecule has 2 N–H and O–H groups in total. The zero-order valence-electron chi connectivity index (χ0n) is 10.4. The molecule has 0 radical (unpaired) electrons. The van der Waals surface area contributed by atoms with Gasteiger partial charge in [-0.25, -0.2) is 9.36 Å². The molecule has 0 heterocycles. The van der Waals surface area contributed by atoms with Crippen molar-refractivity contribution in [2.24, 2.45) is 0 Å². The summed E-state index contributed by atoms with van der Waals surface area (Å²) >= 11 is 0. The molecule has 0 spiro atoms. The van der Waals surface area contributed by atoms with Gasteiger partial charge in [-0.15, -0.1) is 0 Å². The Morgan fingerprint density at radius 1 is 1.37 bits per heavy atom. The minimum Gasteiger partial charge on any atom is -0.396 e. The van der Waals surface area contributed by atoms with Crippen LogP contribution in [0.1, 0.15) is 12.5 Å². The highest BCUT2D eigenvalue weighted by atomic mass is 31.2. The number of carbonyl (C=O) groups excluding carboxylic acids is 1. The Morgan fingerprint density at radius 3 is 2.42 bits per heavy atom. The van der Waals surface area contributed by atoms with Gasteiger partial charge >= 0.3 is 13.8 Å². The molecule has 1 rings (SSSR count). The van der Waals surface area contributed by atoms with Crippen LogP contribution in [-0.4, -0.2) is 22.6 Å². The number of benzene rings is 1. The van der Waals surface area contributed by atoms with Crippen molar-refractivity contribution in [1.29, 1.82) is 0 Å². The summed E-state index contributed by atoms with van der Waals surface area (Å²) in [6.45, 7) is 4.65. The van der Waals surface area contributed by atoms with Crippen molar-refractivity contribution in [3.05, 3.63) is 42.0 Å². The van der Waals surface area contributed by atoms with Crippen molar-refractivity contribution >= 4 is 13.8 Å². The van der Waals surface area contributed by atoms with Gasteiger partial charge in [-0.2, -0.15) is 0 Å². The van der Waals surface area contributed by atoms with Crippen molar-refractivity contribution in [3.8, 4) is 5.75 Å². The Hall–Kier alpha value is -1.62. The second kappa shape index (κ2) is 6.52. The molecule has 1 atom stereocenters. The van der Waals surface area contributed by atoms with Crippen LogP contribution in [0.15, 0.2) is 36.4 Å². The average molecular weight is 286 g/mol. The van der Waals surface area contributed by atoms with E-state index in [4.69, 9.17) is 9.63 Å². The number of hydrogen-bond donors (Lipinski definition) is 2. The maximum absolute atomic E-state index is 11.5. The highest BCUT2D eigenvalue weighted by Crippen LogP contribution is 2.44. The molecule has 1 unspecified atom stereocenters. The number of aliphatic hydroxyl groups excluding tert-OH is 1. The van der Waals surface area contributed by atoms with Crippen LogP contribution in [0.5, 0.6) is 5.75 Å². The zero-order chi connectivity index (χ0) is 14.5. The normalized spacial score (nSPS) is 13.4. The molecule has 1 aromatic rings. The Kier molecular flexibility index (Phi) is 5.30. The monoisotopic (exact) mass is 286 g/mol. The molecule has 6 nitrogen and oxygen atoms in total. The summed E-state index contributed by atoms with van der Waals surface area (Å²) in [6, 6.07) is 6.16. The van der Waals surface area contributed by atoms with E-state index in [1.165, 1.54) is 19.1 Å². The Balaban J connectivity index is 2.69. The van der Waals surface area contributed by atoms with Crippen molar-refractivity contribution in [2.75, 3.05) is 6.61 Å². The van der Waals surface area contributed by atoms with E-state index in [2.05, 4.69) is 11.1 Å². The Morgan fingerprint density at radius 2 is 1.95 bits per heavy atom. The summed E-state index contributed by atoms with van der Waals surface area (Å²) in [5.41, 5.74) is 0.845. The topological polar surface area (TPSA) is 93.1 Å². The molecule has 0 saturated heterocycles. The number of rotatable bonds is 6. The summed E-state index contributed by atoms with van der Waals surface area (Å²) in [5, 5.41) is 8.75. The third-order valence-corrected chi connectivity index (χ3v) is 2.93. The van der Waals surface area contributed by atoms with Crippen molar-refractivity contribution < 1.29 is 28.4 Å². The van der Waals surface area contributed by atoms with Gasteiger partial charge in [0, 0.05) is 12.2 Å². The van der Waals surface area contributed by atoms with Gasteiger partial charge < -0.3 is 14.2 Å². The third kappa shape index (κ3) is 5.26. The molecule has 0 aliphatic carbocycles. The second-order valence-electron chi connectivity index (χ2n) is 3.84. The summed E-state index contributed by atoms with van der Waals surface area (Å²) in [5.74, 6) is -0.912. The lowest BCUT2D eigenvalue weighted by molar-refractivity contribution is -0.131. The fourth-order valence-corrected chi connectivity index (χ4v) is 1.97. The first-order chi connectivity index (χ1) is 8.84. The molecule has 0 aliphatic heterocycles. The molecule has 0 bridgehead atoms. The SMILES string of the molecule is C=C(C)C(=O)OP(=O)(O)Oc1ccc(CCO)cc1. The molecule has 0 amide bonds. The van der Waals surface area contributed by atoms with Gasteiger partial charge in [0.15, 0.2) is 0 Å². The fourth-order valence-electron chi connectivity index (χ4n) is 1.18. The first-order valence-corrected chi connectivity index (χ1v) is 6.95. The van der Waals surface area contributed by atoms with E-state index >= 15 is 0 Å². The lowest BCUT2D eigenvalue weighted by atomic mass is 10.2. The van der Waals surface area contributed by atoms with E-state index in [0.717, 1.165) is 5.56 Å². The summed E-state index contributed by atoms with van der Waals surface area (Å²) in [4.78, 5) is 20.5. The van der Waals surface area contributed by atoms with Crippen LogP contribution in [0, 0.1) is 0 Å². The predicted molar refractivity (Wildman–Crippen MR) is 68.6 cm³/mol. The van der Waals surface area contributed by atoms with E-state index < -0.39 is 13.8 Å². The number of aliphatic hydroxyl groups is 1. The molecule has 19 heavy (non-hydrogen) atoms. The molecule has 0 aromatic heterocycles. The van der Waals surface area contributed by atoms with Gasteiger partial charge in [0.2, 0.25) is 0 Å². The molecule has 1 aromatic carbocycles. The van der Waals surface area contributed by atoms with Gasteiger partial charge in [-0.3, -0.25) is 4.89 Å². The number of hydrogen-bond acceptors (Lipinski definition) is 5.